The maximum absolute atomic E-state index is 13.1. The Morgan fingerprint density at radius 1 is 1.57 bits per heavy atom. The molecule has 0 atom stereocenters. The van der Waals surface area contributed by atoms with Gasteiger partial charge >= 0.3 is 0 Å². The van der Waals surface area contributed by atoms with E-state index in [0.717, 1.165) is 6.07 Å². The molecule has 3 nitrogen and oxygen atoms in total. The number of amides is 1. The maximum atomic E-state index is 13.1. The minimum Gasteiger partial charge on any atom is -0.364 e. The summed E-state index contributed by atoms with van der Waals surface area (Å²) in [6.07, 6.45) is -3.02. The fourth-order valence-corrected chi connectivity index (χ4v) is 1.26. The third-order valence-electron chi connectivity index (χ3n) is 1.42. The molecule has 2 N–H and O–H groups in total. The molecule has 0 unspecified atom stereocenters. The molecule has 1 amide bonds. The van der Waals surface area contributed by atoms with Gasteiger partial charge in [0.05, 0.1) is 5.56 Å². The minimum absolute atomic E-state index is 0.0667. The first-order valence-corrected chi connectivity index (χ1v) is 4.16. The van der Waals surface area contributed by atoms with Crippen LogP contribution in [0, 0.1) is 5.82 Å². The molecule has 1 heterocycles. The van der Waals surface area contributed by atoms with Crippen LogP contribution in [0.3, 0.4) is 0 Å². The smallest absolute Gasteiger partial charge is 0.270 e. The lowest BCUT2D eigenvalue weighted by Gasteiger charge is -2.05. The van der Waals surface area contributed by atoms with Gasteiger partial charge in [-0.25, -0.2) is 18.2 Å². The number of carbonyl (C=O) groups is 1. The number of hydrogen-bond acceptors (Lipinski definition) is 2. The predicted molar refractivity (Wildman–Crippen MR) is 45.4 cm³/mol. The molecule has 0 fully saturated rings. The Bertz CT molecular complexity index is 383. The van der Waals surface area contributed by atoms with Crippen LogP contribution in [-0.4, -0.2) is 10.9 Å². The molecule has 1 aromatic heterocycles. The van der Waals surface area contributed by atoms with Gasteiger partial charge in [0.15, 0.2) is 11.5 Å². The van der Waals surface area contributed by atoms with Gasteiger partial charge < -0.3 is 5.73 Å². The minimum atomic E-state index is -3.02. The third-order valence-corrected chi connectivity index (χ3v) is 1.83. The predicted octanol–water partition coefficient (Wildman–Crippen LogP) is 2.02. The van der Waals surface area contributed by atoms with E-state index in [0.29, 0.717) is 0 Å². The van der Waals surface area contributed by atoms with E-state index in [-0.39, 0.29) is 4.60 Å². The standard InChI is InChI=1S/C7H4BrF3N2O/c8-3-1-2(6(10)11)4(9)5(13-3)7(12)14/h1,6H,(H2,12,14). The lowest BCUT2D eigenvalue weighted by Crippen LogP contribution is -2.17. The molecule has 1 rings (SSSR count). The normalized spacial score (nSPS) is 10.6. The van der Waals surface area contributed by atoms with Crippen molar-refractivity contribution in [3.8, 4) is 0 Å². The molecule has 7 heteroatoms. The van der Waals surface area contributed by atoms with Crippen molar-refractivity contribution in [1.29, 1.82) is 0 Å². The third kappa shape index (κ3) is 2.03. The quantitative estimate of drug-likeness (QED) is 0.835. The van der Waals surface area contributed by atoms with Gasteiger partial charge in [0, 0.05) is 0 Å². The summed E-state index contributed by atoms with van der Waals surface area (Å²) in [6, 6.07) is 0.798. The number of rotatable bonds is 2. The second kappa shape index (κ2) is 3.95. The van der Waals surface area contributed by atoms with Crippen LogP contribution in [0.4, 0.5) is 13.2 Å². The number of nitrogens with two attached hydrogens (primary N) is 1. The average molecular weight is 269 g/mol. The molecule has 1 aromatic rings. The number of aromatic nitrogens is 1. The lowest BCUT2D eigenvalue weighted by molar-refractivity contribution is 0.0989. The van der Waals surface area contributed by atoms with Crippen molar-refractivity contribution in [1.82, 2.24) is 4.98 Å². The van der Waals surface area contributed by atoms with Crippen LogP contribution in [0.2, 0.25) is 0 Å². The summed E-state index contributed by atoms with van der Waals surface area (Å²) in [5.41, 5.74) is 3.05. The van der Waals surface area contributed by atoms with Crippen LogP contribution in [0.1, 0.15) is 22.5 Å². The zero-order chi connectivity index (χ0) is 10.9. The first kappa shape index (κ1) is 11.0. The Morgan fingerprint density at radius 2 is 2.14 bits per heavy atom. The first-order chi connectivity index (χ1) is 6.43. The highest BCUT2D eigenvalue weighted by atomic mass is 79.9. The van der Waals surface area contributed by atoms with E-state index >= 15 is 0 Å². The van der Waals surface area contributed by atoms with Gasteiger partial charge in [-0.1, -0.05) is 0 Å². The van der Waals surface area contributed by atoms with E-state index in [4.69, 9.17) is 5.73 Å². The number of primary amides is 1. The highest BCUT2D eigenvalue weighted by Crippen LogP contribution is 2.25. The summed E-state index contributed by atoms with van der Waals surface area (Å²) >= 11 is 2.76. The molecule has 0 bridgehead atoms. The molecule has 0 aliphatic rings. The SMILES string of the molecule is NC(=O)c1nc(Br)cc(C(F)F)c1F. The Morgan fingerprint density at radius 3 is 2.57 bits per heavy atom. The number of nitrogens with zero attached hydrogens (tertiary/aromatic N) is 1. The summed E-state index contributed by atoms with van der Waals surface area (Å²) in [6.45, 7) is 0. The molecule has 76 valence electrons. The van der Waals surface area contributed by atoms with E-state index < -0.39 is 29.4 Å². The second-order valence-electron chi connectivity index (χ2n) is 2.36. The van der Waals surface area contributed by atoms with E-state index in [1.807, 2.05) is 0 Å². The van der Waals surface area contributed by atoms with Gasteiger partial charge in [0.2, 0.25) is 0 Å². The highest BCUT2D eigenvalue weighted by Gasteiger charge is 2.21. The molecule has 0 aliphatic heterocycles. The Balaban J connectivity index is 3.40. The van der Waals surface area contributed by atoms with Crippen LogP contribution in [0.25, 0.3) is 0 Å². The number of carbonyl (C=O) groups excluding carboxylic acids is 1. The molecule has 0 aliphatic carbocycles. The Hall–Kier alpha value is -1.11. The largest absolute Gasteiger partial charge is 0.364 e. The van der Waals surface area contributed by atoms with Crippen molar-refractivity contribution in [2.45, 2.75) is 6.43 Å². The second-order valence-corrected chi connectivity index (χ2v) is 3.17. The average Bonchev–Trinajstić information content (AvgIpc) is 2.07. The zero-order valence-electron chi connectivity index (χ0n) is 6.60. The first-order valence-electron chi connectivity index (χ1n) is 3.37. The Kier molecular flexibility index (Phi) is 3.10. The van der Waals surface area contributed by atoms with Gasteiger partial charge in [-0.2, -0.15) is 0 Å². The van der Waals surface area contributed by atoms with Gasteiger partial charge in [0.25, 0.3) is 12.3 Å². The number of hydrogen-bond donors (Lipinski definition) is 1. The monoisotopic (exact) mass is 268 g/mol. The summed E-state index contributed by atoms with van der Waals surface area (Å²) in [5.74, 6) is -2.57. The number of halogens is 4. The summed E-state index contributed by atoms with van der Waals surface area (Å²) in [5, 5.41) is 0. The van der Waals surface area contributed by atoms with Crippen molar-refractivity contribution >= 4 is 21.8 Å². The van der Waals surface area contributed by atoms with Gasteiger partial charge in [-0.15, -0.1) is 0 Å². The van der Waals surface area contributed by atoms with Gasteiger partial charge in [-0.3, -0.25) is 4.79 Å². The molecule has 14 heavy (non-hydrogen) atoms. The summed E-state index contributed by atoms with van der Waals surface area (Å²) in [4.78, 5) is 14.0. The molecular weight excluding hydrogens is 265 g/mol. The van der Waals surface area contributed by atoms with Crippen molar-refractivity contribution in [3.05, 3.63) is 27.7 Å². The lowest BCUT2D eigenvalue weighted by atomic mass is 10.2. The van der Waals surface area contributed by atoms with Crippen LogP contribution < -0.4 is 5.73 Å². The zero-order valence-corrected chi connectivity index (χ0v) is 8.19. The van der Waals surface area contributed by atoms with Crippen LogP contribution in [-0.2, 0) is 0 Å². The Labute approximate surface area is 85.2 Å². The highest BCUT2D eigenvalue weighted by molar-refractivity contribution is 9.10. The molecule has 0 spiro atoms. The summed E-state index contributed by atoms with van der Waals surface area (Å²) < 4.78 is 37.4. The van der Waals surface area contributed by atoms with Crippen molar-refractivity contribution < 1.29 is 18.0 Å². The van der Waals surface area contributed by atoms with Crippen molar-refractivity contribution in [2.24, 2.45) is 5.73 Å². The topological polar surface area (TPSA) is 56.0 Å². The fraction of sp³-hybridized carbons (Fsp3) is 0.143. The van der Waals surface area contributed by atoms with E-state index in [2.05, 4.69) is 20.9 Å². The van der Waals surface area contributed by atoms with E-state index in [1.165, 1.54) is 0 Å². The maximum Gasteiger partial charge on any atom is 0.270 e. The molecule has 0 aromatic carbocycles. The molecular formula is C7H4BrF3N2O. The summed E-state index contributed by atoms with van der Waals surface area (Å²) in [7, 11) is 0. The fourth-order valence-electron chi connectivity index (χ4n) is 0.839. The van der Waals surface area contributed by atoms with Crippen LogP contribution in [0.5, 0.6) is 0 Å². The number of pyridine rings is 1. The molecule has 0 radical (unpaired) electrons. The number of alkyl halides is 2. The molecule has 0 saturated carbocycles. The van der Waals surface area contributed by atoms with Gasteiger partial charge in [0.1, 0.15) is 4.60 Å². The van der Waals surface area contributed by atoms with E-state index in [9.17, 15) is 18.0 Å². The van der Waals surface area contributed by atoms with Crippen molar-refractivity contribution in [3.63, 3.8) is 0 Å². The van der Waals surface area contributed by atoms with Crippen LogP contribution >= 0.6 is 15.9 Å². The van der Waals surface area contributed by atoms with Crippen LogP contribution in [0.15, 0.2) is 10.7 Å². The molecule has 0 saturated heterocycles. The van der Waals surface area contributed by atoms with Crippen molar-refractivity contribution in [2.75, 3.05) is 0 Å². The van der Waals surface area contributed by atoms with E-state index in [1.54, 1.807) is 0 Å². The van der Waals surface area contributed by atoms with Gasteiger partial charge in [-0.05, 0) is 22.0 Å².